The van der Waals surface area contributed by atoms with E-state index in [1.54, 1.807) is 7.11 Å². The van der Waals surface area contributed by atoms with Crippen LogP contribution in [-0.2, 0) is 4.74 Å². The van der Waals surface area contributed by atoms with Crippen molar-refractivity contribution in [2.45, 2.75) is 6.42 Å². The average Bonchev–Trinajstić information content (AvgIpc) is 2.46. The van der Waals surface area contributed by atoms with E-state index in [2.05, 4.69) is 4.98 Å². The Labute approximate surface area is 113 Å². The van der Waals surface area contributed by atoms with E-state index in [4.69, 9.17) is 4.74 Å². The molecule has 4 nitrogen and oxygen atoms in total. The number of carbonyl (C=O) groups is 1. The van der Waals surface area contributed by atoms with Gasteiger partial charge in [0.05, 0.1) is 11.1 Å². The molecular formula is C15H18N2O2. The monoisotopic (exact) mass is 258 g/mol. The topological polar surface area (TPSA) is 42.4 Å². The minimum atomic E-state index is 0.624. The minimum absolute atomic E-state index is 0.624. The van der Waals surface area contributed by atoms with E-state index in [9.17, 15) is 4.79 Å². The summed E-state index contributed by atoms with van der Waals surface area (Å²) in [5, 5.41) is 0.985. The summed E-state index contributed by atoms with van der Waals surface area (Å²) in [5.41, 5.74) is 1.53. The Hall–Kier alpha value is -1.94. The summed E-state index contributed by atoms with van der Waals surface area (Å²) in [7, 11) is 3.63. The summed E-state index contributed by atoms with van der Waals surface area (Å²) in [4.78, 5) is 17.8. The van der Waals surface area contributed by atoms with Crippen LogP contribution in [0, 0.1) is 0 Å². The number of carbonyl (C=O) groups excluding carboxylic acids is 1. The number of rotatable bonds is 6. The van der Waals surface area contributed by atoms with Crippen molar-refractivity contribution in [1.82, 2.24) is 4.98 Å². The molecule has 4 heteroatoms. The van der Waals surface area contributed by atoms with Crippen LogP contribution in [0.2, 0.25) is 0 Å². The summed E-state index contributed by atoms with van der Waals surface area (Å²) >= 11 is 0. The highest BCUT2D eigenvalue weighted by molar-refractivity contribution is 5.91. The summed E-state index contributed by atoms with van der Waals surface area (Å²) < 4.78 is 5.04. The zero-order chi connectivity index (χ0) is 13.7. The molecule has 0 unspecified atom stereocenters. The molecule has 0 N–H and O–H groups in total. The second-order valence-electron chi connectivity index (χ2n) is 4.48. The highest BCUT2D eigenvalue weighted by Crippen LogP contribution is 2.21. The molecule has 2 rings (SSSR count). The first kappa shape index (κ1) is 13.5. The molecule has 100 valence electrons. The summed E-state index contributed by atoms with van der Waals surface area (Å²) in [6.07, 6.45) is 1.77. The van der Waals surface area contributed by atoms with Gasteiger partial charge in [0.25, 0.3) is 0 Å². The summed E-state index contributed by atoms with van der Waals surface area (Å²) in [6, 6.07) is 9.70. The molecule has 0 radical (unpaired) electrons. The highest BCUT2D eigenvalue weighted by atomic mass is 16.5. The van der Waals surface area contributed by atoms with Gasteiger partial charge in [0.1, 0.15) is 5.82 Å². The fourth-order valence-corrected chi connectivity index (χ4v) is 2.07. The van der Waals surface area contributed by atoms with Gasteiger partial charge in [0, 0.05) is 32.7 Å². The molecule has 1 heterocycles. The standard InChI is InChI=1S/C15H18N2O2/c1-17(8-5-9-19-2)15-13(11-18)10-12-6-3-4-7-14(12)16-15/h3-4,6-7,10-11H,5,8-9H2,1-2H3. The molecule has 0 saturated carbocycles. The Morgan fingerprint density at radius 3 is 2.89 bits per heavy atom. The van der Waals surface area contributed by atoms with Gasteiger partial charge in [-0.05, 0) is 18.6 Å². The number of aromatic nitrogens is 1. The van der Waals surface area contributed by atoms with Crippen molar-refractivity contribution in [2.24, 2.45) is 0 Å². The van der Waals surface area contributed by atoms with Crippen LogP contribution in [0.15, 0.2) is 30.3 Å². The molecule has 0 saturated heterocycles. The number of hydrogen-bond acceptors (Lipinski definition) is 4. The van der Waals surface area contributed by atoms with Crippen LogP contribution in [0.3, 0.4) is 0 Å². The lowest BCUT2D eigenvalue weighted by Gasteiger charge is -2.20. The Morgan fingerprint density at radius 2 is 2.16 bits per heavy atom. The van der Waals surface area contributed by atoms with Gasteiger partial charge in [0.2, 0.25) is 0 Å². The van der Waals surface area contributed by atoms with Crippen molar-refractivity contribution in [3.05, 3.63) is 35.9 Å². The van der Waals surface area contributed by atoms with E-state index >= 15 is 0 Å². The minimum Gasteiger partial charge on any atom is -0.385 e. The van der Waals surface area contributed by atoms with Crippen molar-refractivity contribution in [3.8, 4) is 0 Å². The number of hydrogen-bond donors (Lipinski definition) is 0. The van der Waals surface area contributed by atoms with E-state index in [-0.39, 0.29) is 0 Å². The molecule has 19 heavy (non-hydrogen) atoms. The van der Waals surface area contributed by atoms with Crippen molar-refractivity contribution >= 4 is 23.0 Å². The Balaban J connectivity index is 2.32. The third-order valence-electron chi connectivity index (χ3n) is 3.06. The van der Waals surface area contributed by atoms with Gasteiger partial charge in [-0.1, -0.05) is 18.2 Å². The van der Waals surface area contributed by atoms with Gasteiger partial charge >= 0.3 is 0 Å². The highest BCUT2D eigenvalue weighted by Gasteiger charge is 2.10. The van der Waals surface area contributed by atoms with Crippen LogP contribution < -0.4 is 4.90 Å². The van der Waals surface area contributed by atoms with E-state index in [0.29, 0.717) is 12.2 Å². The van der Waals surface area contributed by atoms with Crippen LogP contribution in [-0.4, -0.2) is 38.6 Å². The number of ether oxygens (including phenoxy) is 1. The number of pyridine rings is 1. The number of anilines is 1. The third-order valence-corrected chi connectivity index (χ3v) is 3.06. The predicted molar refractivity (Wildman–Crippen MR) is 76.9 cm³/mol. The maximum Gasteiger partial charge on any atom is 0.153 e. The normalized spacial score (nSPS) is 10.6. The maximum atomic E-state index is 11.2. The maximum absolute atomic E-state index is 11.2. The number of fused-ring (bicyclic) bond motifs is 1. The molecule has 0 amide bonds. The van der Waals surface area contributed by atoms with Gasteiger partial charge in [-0.25, -0.2) is 4.98 Å². The number of para-hydroxylation sites is 1. The van der Waals surface area contributed by atoms with Gasteiger partial charge in [-0.2, -0.15) is 0 Å². The lowest BCUT2D eigenvalue weighted by Crippen LogP contribution is -2.22. The van der Waals surface area contributed by atoms with Gasteiger partial charge in [-0.15, -0.1) is 0 Å². The quantitative estimate of drug-likeness (QED) is 0.590. The molecule has 0 spiro atoms. The molecule has 1 aromatic heterocycles. The van der Waals surface area contributed by atoms with Crippen LogP contribution in [0.25, 0.3) is 10.9 Å². The number of benzene rings is 1. The number of aldehydes is 1. The fraction of sp³-hybridized carbons (Fsp3) is 0.333. The second kappa shape index (κ2) is 6.29. The van der Waals surface area contributed by atoms with E-state index in [0.717, 1.165) is 36.0 Å². The molecule has 1 aromatic carbocycles. The Kier molecular flexibility index (Phi) is 4.47. The average molecular weight is 258 g/mol. The van der Waals surface area contributed by atoms with Crippen LogP contribution >= 0.6 is 0 Å². The smallest absolute Gasteiger partial charge is 0.153 e. The molecular weight excluding hydrogens is 240 g/mol. The molecule has 0 bridgehead atoms. The summed E-state index contributed by atoms with van der Waals surface area (Å²) in [5.74, 6) is 0.727. The van der Waals surface area contributed by atoms with Gasteiger partial charge < -0.3 is 9.64 Å². The zero-order valence-electron chi connectivity index (χ0n) is 11.3. The van der Waals surface area contributed by atoms with Crippen LogP contribution in [0.1, 0.15) is 16.8 Å². The van der Waals surface area contributed by atoms with Crippen LogP contribution in [0.4, 0.5) is 5.82 Å². The number of nitrogens with zero attached hydrogens (tertiary/aromatic N) is 2. The van der Waals surface area contributed by atoms with E-state index < -0.39 is 0 Å². The molecule has 0 atom stereocenters. The largest absolute Gasteiger partial charge is 0.385 e. The van der Waals surface area contributed by atoms with Crippen molar-refractivity contribution < 1.29 is 9.53 Å². The molecule has 0 fully saturated rings. The first-order valence-corrected chi connectivity index (χ1v) is 6.31. The lowest BCUT2D eigenvalue weighted by atomic mass is 10.1. The first-order valence-electron chi connectivity index (χ1n) is 6.31. The molecule has 0 aliphatic carbocycles. The number of methoxy groups -OCH3 is 1. The third kappa shape index (κ3) is 3.09. The molecule has 0 aliphatic rings. The SMILES string of the molecule is COCCCN(C)c1nc2ccccc2cc1C=O. The Bertz CT molecular complexity index is 569. The fourth-order valence-electron chi connectivity index (χ4n) is 2.07. The molecule has 0 aliphatic heterocycles. The predicted octanol–water partition coefficient (Wildman–Crippen LogP) is 2.52. The Morgan fingerprint density at radius 1 is 1.37 bits per heavy atom. The van der Waals surface area contributed by atoms with E-state index in [1.807, 2.05) is 42.3 Å². The van der Waals surface area contributed by atoms with Gasteiger partial charge in [-0.3, -0.25) is 4.79 Å². The summed E-state index contributed by atoms with van der Waals surface area (Å²) in [6.45, 7) is 1.51. The second-order valence-corrected chi connectivity index (χ2v) is 4.48. The van der Waals surface area contributed by atoms with E-state index in [1.165, 1.54) is 0 Å². The van der Waals surface area contributed by atoms with Crippen LogP contribution in [0.5, 0.6) is 0 Å². The van der Waals surface area contributed by atoms with Crippen molar-refractivity contribution in [1.29, 1.82) is 0 Å². The molecule has 2 aromatic rings. The lowest BCUT2D eigenvalue weighted by molar-refractivity contribution is 0.112. The van der Waals surface area contributed by atoms with Crippen molar-refractivity contribution in [3.63, 3.8) is 0 Å². The van der Waals surface area contributed by atoms with Crippen molar-refractivity contribution in [2.75, 3.05) is 32.2 Å². The van der Waals surface area contributed by atoms with Gasteiger partial charge in [0.15, 0.2) is 6.29 Å². The zero-order valence-corrected chi connectivity index (χ0v) is 11.3. The first-order chi connectivity index (χ1) is 9.26.